The smallest absolute Gasteiger partial charge is 0.336 e. The molecule has 0 amide bonds. The zero-order chi connectivity index (χ0) is 28.9. The second kappa shape index (κ2) is 12.7. The number of hydrogen-bond acceptors (Lipinski definition) is 7. The molecule has 0 atom stereocenters. The lowest BCUT2D eigenvalue weighted by Gasteiger charge is -2.25. The topological polar surface area (TPSA) is 118 Å². The van der Waals surface area contributed by atoms with E-state index >= 15 is 0 Å². The number of phenols is 1. The lowest BCUT2D eigenvalue weighted by Crippen LogP contribution is -2.38. The Bertz CT molecular complexity index is 1560. The molecule has 1 aliphatic heterocycles. The maximum atomic E-state index is 12.4. The fourth-order valence-corrected chi connectivity index (χ4v) is 7.67. The van der Waals surface area contributed by atoms with E-state index in [0.717, 1.165) is 18.9 Å². The average molecular weight is 580 g/mol. The van der Waals surface area contributed by atoms with Crippen LogP contribution in [0.5, 0.6) is 5.75 Å². The zero-order valence-corrected chi connectivity index (χ0v) is 24.6. The number of phenolic OH excluding ortho intramolecular Hbond substituents is 1. The number of unbranched alkanes of at least 4 members (excludes halogenated alkanes) is 1. The van der Waals surface area contributed by atoms with E-state index in [2.05, 4.69) is 11.9 Å². The molecule has 210 valence electrons. The molecule has 40 heavy (non-hydrogen) atoms. The minimum absolute atomic E-state index is 0.00547. The lowest BCUT2D eigenvalue weighted by molar-refractivity contribution is 0.0697. The molecule has 2 aliphatic rings. The number of rotatable bonds is 12. The summed E-state index contributed by atoms with van der Waals surface area (Å²) in [6.07, 6.45) is 2.43. The molecule has 3 N–H and O–H groups in total. The van der Waals surface area contributed by atoms with Gasteiger partial charge in [0.1, 0.15) is 17.1 Å². The van der Waals surface area contributed by atoms with E-state index in [4.69, 9.17) is 25.5 Å². The third kappa shape index (κ3) is 6.76. The SMILES string of the molecule is CCO[Si](C)(CCCCC(=S)Nc1ccc(-c2c3ccc(=O)cc-3oc3cc(O)ccc23)c(C(=O)O)c1)OCC. The molecule has 0 unspecified atom stereocenters. The first kappa shape index (κ1) is 29.4. The van der Waals surface area contributed by atoms with Crippen molar-refractivity contribution in [2.45, 2.75) is 45.7 Å². The van der Waals surface area contributed by atoms with E-state index in [0.29, 0.717) is 63.7 Å². The van der Waals surface area contributed by atoms with Crippen molar-refractivity contribution in [1.29, 1.82) is 0 Å². The molecule has 4 rings (SSSR count). The number of carboxylic acids is 1. The summed E-state index contributed by atoms with van der Waals surface area (Å²) < 4.78 is 17.7. The molecule has 0 saturated carbocycles. The maximum absolute atomic E-state index is 12.4. The standard InChI is InChI=1S/C30H33NO7SSi/c1-4-36-40(3,37-5-2)15-7-6-8-28(39)31-19-9-12-22(25(16-19)30(34)35)29-23-13-10-20(32)17-26(23)38-27-18-21(33)11-14-24(27)29/h9-14,16-18,32H,4-8,15H2,1-3H3,(H,31,39)(H,34,35). The number of hydrogen-bond donors (Lipinski definition) is 3. The third-order valence-corrected chi connectivity index (χ3v) is 10.0. The van der Waals surface area contributed by atoms with E-state index in [-0.39, 0.29) is 16.7 Å². The molecule has 8 nitrogen and oxygen atoms in total. The summed E-state index contributed by atoms with van der Waals surface area (Å²) in [7, 11) is -2.17. The van der Waals surface area contributed by atoms with Gasteiger partial charge in [-0.3, -0.25) is 4.79 Å². The first-order valence-corrected chi connectivity index (χ1v) is 16.2. The second-order valence-electron chi connectivity index (χ2n) is 9.64. The van der Waals surface area contributed by atoms with Crippen LogP contribution in [0.2, 0.25) is 12.6 Å². The van der Waals surface area contributed by atoms with Crippen LogP contribution in [0.4, 0.5) is 5.69 Å². The van der Waals surface area contributed by atoms with Crippen molar-refractivity contribution in [3.05, 3.63) is 70.4 Å². The second-order valence-corrected chi connectivity index (χ2v) is 13.5. The maximum Gasteiger partial charge on any atom is 0.336 e. The van der Waals surface area contributed by atoms with Crippen LogP contribution < -0.4 is 10.7 Å². The molecular weight excluding hydrogens is 546 g/mol. The molecule has 0 bridgehead atoms. The number of fused-ring (bicyclic) bond motifs is 2. The van der Waals surface area contributed by atoms with Gasteiger partial charge in [-0.15, -0.1) is 0 Å². The van der Waals surface area contributed by atoms with Crippen LogP contribution in [0.15, 0.2) is 63.8 Å². The number of thiocarbonyl (C=S) groups is 1. The minimum Gasteiger partial charge on any atom is -0.508 e. The summed E-state index contributed by atoms with van der Waals surface area (Å²) in [6, 6.07) is 15.0. The fraction of sp³-hybridized carbons (Fsp3) is 0.300. The summed E-state index contributed by atoms with van der Waals surface area (Å²) in [5, 5.41) is 23.9. The zero-order valence-electron chi connectivity index (χ0n) is 22.8. The summed E-state index contributed by atoms with van der Waals surface area (Å²) in [5.41, 5.74) is 2.37. The van der Waals surface area contributed by atoms with Gasteiger partial charge in [0.2, 0.25) is 0 Å². The number of nitrogens with one attached hydrogen (secondary N) is 1. The summed E-state index contributed by atoms with van der Waals surface area (Å²) >= 11 is 5.56. The van der Waals surface area contributed by atoms with Gasteiger partial charge in [-0.1, -0.05) is 24.7 Å². The fourth-order valence-electron chi connectivity index (χ4n) is 4.92. The Morgan fingerprint density at radius 1 is 1.00 bits per heavy atom. The molecule has 0 aromatic heterocycles. The van der Waals surface area contributed by atoms with Crippen molar-refractivity contribution in [1.82, 2.24) is 0 Å². The van der Waals surface area contributed by atoms with Crippen LogP contribution in [0, 0.1) is 0 Å². The predicted octanol–water partition coefficient (Wildman–Crippen LogP) is 7.02. The number of aromatic hydroxyl groups is 1. The van der Waals surface area contributed by atoms with Gasteiger partial charge >= 0.3 is 14.5 Å². The molecule has 10 heteroatoms. The van der Waals surface area contributed by atoms with Crippen LogP contribution in [0.3, 0.4) is 0 Å². The first-order valence-electron chi connectivity index (χ1n) is 13.3. The summed E-state index contributed by atoms with van der Waals surface area (Å²) in [5.74, 6) is -0.816. The Hall–Kier alpha value is -3.57. The van der Waals surface area contributed by atoms with Gasteiger partial charge in [0.05, 0.1) is 10.6 Å². The Kier molecular flexibility index (Phi) is 9.36. The molecule has 0 fully saturated rings. The van der Waals surface area contributed by atoms with Crippen molar-refractivity contribution in [3.8, 4) is 28.2 Å². The van der Waals surface area contributed by atoms with E-state index < -0.39 is 14.5 Å². The molecule has 2 aromatic rings. The highest BCUT2D eigenvalue weighted by molar-refractivity contribution is 7.80. The minimum atomic E-state index is -2.17. The highest BCUT2D eigenvalue weighted by Gasteiger charge is 2.29. The van der Waals surface area contributed by atoms with Crippen LogP contribution in [-0.2, 0) is 8.85 Å². The Labute approximate surface area is 239 Å². The number of carboxylic acid groups (broad SMARTS) is 1. The molecular formula is C30H33NO7SSi. The van der Waals surface area contributed by atoms with Crippen molar-refractivity contribution < 1.29 is 28.3 Å². The summed E-state index contributed by atoms with van der Waals surface area (Å²) in [6.45, 7) is 7.31. The molecule has 0 saturated heterocycles. The normalized spacial score (nSPS) is 11.7. The van der Waals surface area contributed by atoms with Crippen molar-refractivity contribution >= 4 is 48.4 Å². The molecule has 2 aromatic carbocycles. The predicted molar refractivity (Wildman–Crippen MR) is 163 cm³/mol. The van der Waals surface area contributed by atoms with Crippen molar-refractivity contribution in [2.24, 2.45) is 0 Å². The number of carbonyl (C=O) groups is 1. The molecule has 1 heterocycles. The van der Waals surface area contributed by atoms with Crippen molar-refractivity contribution in [3.63, 3.8) is 0 Å². The lowest BCUT2D eigenvalue weighted by atomic mass is 9.90. The molecule has 0 spiro atoms. The number of benzene rings is 3. The average Bonchev–Trinajstić information content (AvgIpc) is 2.90. The third-order valence-electron chi connectivity index (χ3n) is 6.66. The van der Waals surface area contributed by atoms with E-state index in [1.165, 1.54) is 24.3 Å². The first-order chi connectivity index (χ1) is 19.1. The van der Waals surface area contributed by atoms with Crippen LogP contribution >= 0.6 is 12.2 Å². The van der Waals surface area contributed by atoms with E-state index in [1.54, 1.807) is 30.3 Å². The van der Waals surface area contributed by atoms with Gasteiger partial charge in [0.25, 0.3) is 0 Å². The van der Waals surface area contributed by atoms with Crippen LogP contribution in [0.1, 0.15) is 43.5 Å². The Morgan fingerprint density at radius 2 is 1.73 bits per heavy atom. The van der Waals surface area contributed by atoms with E-state index in [9.17, 15) is 19.8 Å². The number of aromatic carboxylic acids is 1. The monoisotopic (exact) mass is 579 g/mol. The van der Waals surface area contributed by atoms with Gasteiger partial charge in [-0.2, -0.15) is 0 Å². The van der Waals surface area contributed by atoms with Gasteiger partial charge in [0.15, 0.2) is 5.43 Å². The molecule has 0 radical (unpaired) electrons. The van der Waals surface area contributed by atoms with E-state index in [1.807, 2.05) is 13.8 Å². The van der Waals surface area contributed by atoms with Gasteiger partial charge in [0, 0.05) is 47.5 Å². The van der Waals surface area contributed by atoms with Gasteiger partial charge in [-0.05, 0) is 81.2 Å². The summed E-state index contributed by atoms with van der Waals surface area (Å²) in [4.78, 5) is 25.1. The molecule has 1 aliphatic carbocycles. The Morgan fingerprint density at radius 3 is 2.42 bits per heavy atom. The number of anilines is 1. The Balaban J connectivity index is 1.59. The van der Waals surface area contributed by atoms with Gasteiger partial charge < -0.3 is 28.8 Å². The van der Waals surface area contributed by atoms with Gasteiger partial charge in [-0.25, -0.2) is 4.79 Å². The van der Waals surface area contributed by atoms with Crippen molar-refractivity contribution in [2.75, 3.05) is 18.5 Å². The highest BCUT2D eigenvalue weighted by Crippen LogP contribution is 2.42. The van der Waals surface area contributed by atoms with Crippen LogP contribution in [0.25, 0.3) is 33.4 Å². The largest absolute Gasteiger partial charge is 0.508 e. The van der Waals surface area contributed by atoms with Crippen LogP contribution in [-0.4, -0.2) is 42.9 Å². The highest BCUT2D eigenvalue weighted by atomic mass is 32.1. The quantitative estimate of drug-likeness (QED) is 0.0704.